The Labute approximate surface area is 139 Å². The Kier molecular flexibility index (Phi) is 4.53. The van der Waals surface area contributed by atoms with Gasteiger partial charge in [0.1, 0.15) is 5.82 Å². The molecule has 1 atom stereocenters. The van der Waals surface area contributed by atoms with Gasteiger partial charge in [-0.3, -0.25) is 0 Å². The Balaban J connectivity index is 2.03. The minimum atomic E-state index is -0.569. The van der Waals surface area contributed by atoms with E-state index in [0.29, 0.717) is 24.6 Å². The van der Waals surface area contributed by atoms with Crippen LogP contribution in [0.1, 0.15) is 24.1 Å². The van der Waals surface area contributed by atoms with Crippen LogP contribution < -0.4 is 4.90 Å². The minimum absolute atomic E-state index is 0.286. The Morgan fingerprint density at radius 3 is 2.74 bits per heavy atom. The van der Waals surface area contributed by atoms with Gasteiger partial charge in [-0.2, -0.15) is 0 Å². The van der Waals surface area contributed by atoms with E-state index in [9.17, 15) is 9.18 Å². The largest absolute Gasteiger partial charge is 0.464 e. The van der Waals surface area contributed by atoms with Crippen molar-refractivity contribution in [2.24, 2.45) is 0 Å². The van der Waals surface area contributed by atoms with Crippen molar-refractivity contribution in [1.29, 1.82) is 0 Å². The van der Waals surface area contributed by atoms with E-state index in [1.165, 1.54) is 12.1 Å². The third kappa shape index (κ3) is 3.17. The maximum Gasteiger partial charge on any atom is 0.333 e. The van der Waals surface area contributed by atoms with Crippen molar-refractivity contribution in [1.82, 2.24) is 0 Å². The van der Waals surface area contributed by atoms with Crippen LogP contribution in [0.25, 0.3) is 0 Å². The first-order valence-electron chi connectivity index (χ1n) is 7.57. The summed E-state index contributed by atoms with van der Waals surface area (Å²) in [6, 6.07) is 11.3. The van der Waals surface area contributed by atoms with E-state index < -0.39 is 6.04 Å². The molecular formula is C18H17ClFNO2. The number of hydrogen-bond acceptors (Lipinski definition) is 3. The van der Waals surface area contributed by atoms with E-state index in [2.05, 4.69) is 0 Å². The molecule has 0 saturated heterocycles. The first-order chi connectivity index (χ1) is 11.1. The average Bonchev–Trinajstić information content (AvgIpc) is 2.54. The van der Waals surface area contributed by atoms with E-state index in [-0.39, 0.29) is 11.8 Å². The van der Waals surface area contributed by atoms with Crippen molar-refractivity contribution in [3.05, 3.63) is 64.4 Å². The Hall–Kier alpha value is -2.07. The average molecular weight is 334 g/mol. The summed E-state index contributed by atoms with van der Waals surface area (Å²) in [6.45, 7) is 2.70. The van der Waals surface area contributed by atoms with Gasteiger partial charge < -0.3 is 9.64 Å². The molecule has 2 aromatic rings. The van der Waals surface area contributed by atoms with Crippen molar-refractivity contribution in [2.75, 3.05) is 18.1 Å². The van der Waals surface area contributed by atoms with Gasteiger partial charge in [0.25, 0.3) is 0 Å². The second kappa shape index (κ2) is 6.59. The second-order valence-electron chi connectivity index (χ2n) is 5.42. The van der Waals surface area contributed by atoms with Crippen molar-refractivity contribution < 1.29 is 13.9 Å². The molecule has 1 heterocycles. The van der Waals surface area contributed by atoms with E-state index >= 15 is 0 Å². The Morgan fingerprint density at radius 1 is 1.30 bits per heavy atom. The summed E-state index contributed by atoms with van der Waals surface area (Å²) in [6.07, 6.45) is 0.672. The second-order valence-corrected chi connectivity index (χ2v) is 5.85. The summed E-state index contributed by atoms with van der Waals surface area (Å²) in [4.78, 5) is 14.5. The Morgan fingerprint density at radius 2 is 2.04 bits per heavy atom. The molecule has 0 saturated carbocycles. The van der Waals surface area contributed by atoms with Crippen LogP contribution in [0.15, 0.2) is 42.5 Å². The molecule has 0 fully saturated rings. The summed E-state index contributed by atoms with van der Waals surface area (Å²) < 4.78 is 18.7. The normalized spacial score (nSPS) is 16.8. The van der Waals surface area contributed by atoms with Gasteiger partial charge in [-0.1, -0.05) is 17.7 Å². The number of carbonyl (C=O) groups is 1. The number of esters is 1. The molecule has 0 aliphatic carbocycles. The summed E-state index contributed by atoms with van der Waals surface area (Å²) in [5.74, 6) is -0.610. The number of anilines is 1. The first-order valence-corrected chi connectivity index (χ1v) is 7.95. The fourth-order valence-corrected chi connectivity index (χ4v) is 3.11. The molecule has 3 nitrogen and oxygen atoms in total. The fraction of sp³-hybridized carbons (Fsp3) is 0.278. The number of rotatable bonds is 3. The van der Waals surface area contributed by atoms with Crippen LogP contribution in [0.2, 0.25) is 5.02 Å². The lowest BCUT2D eigenvalue weighted by Gasteiger charge is -2.37. The summed E-state index contributed by atoms with van der Waals surface area (Å²) in [7, 11) is 0. The van der Waals surface area contributed by atoms with Crippen molar-refractivity contribution >= 4 is 23.3 Å². The number of ether oxygens (including phenoxy) is 1. The topological polar surface area (TPSA) is 29.5 Å². The number of carbonyl (C=O) groups excluding carboxylic acids is 1. The zero-order valence-corrected chi connectivity index (χ0v) is 13.5. The van der Waals surface area contributed by atoms with Gasteiger partial charge in [-0.15, -0.1) is 0 Å². The van der Waals surface area contributed by atoms with Crippen molar-refractivity contribution in [3.8, 4) is 0 Å². The highest BCUT2D eigenvalue weighted by Crippen LogP contribution is 2.35. The summed E-state index contributed by atoms with van der Waals surface area (Å²) >= 11 is 5.95. The summed E-state index contributed by atoms with van der Waals surface area (Å²) in [5, 5.41) is 0.640. The number of nitrogens with zero attached hydrogens (tertiary/aromatic N) is 1. The molecule has 0 unspecified atom stereocenters. The van der Waals surface area contributed by atoms with Crippen molar-refractivity contribution in [3.63, 3.8) is 0 Å². The molecular weight excluding hydrogens is 317 g/mol. The monoisotopic (exact) mass is 333 g/mol. The van der Waals surface area contributed by atoms with Crippen LogP contribution in [-0.2, 0) is 16.0 Å². The molecule has 1 aliphatic heterocycles. The van der Waals surface area contributed by atoms with E-state index in [1.807, 2.05) is 17.0 Å². The number of fused-ring (bicyclic) bond motifs is 1. The van der Waals surface area contributed by atoms with Gasteiger partial charge in [0.15, 0.2) is 6.04 Å². The highest BCUT2D eigenvalue weighted by atomic mass is 35.5. The molecule has 5 heteroatoms. The van der Waals surface area contributed by atoms with Gasteiger partial charge in [0.05, 0.1) is 6.61 Å². The quantitative estimate of drug-likeness (QED) is 0.790. The van der Waals surface area contributed by atoms with Gasteiger partial charge in [-0.25, -0.2) is 9.18 Å². The van der Waals surface area contributed by atoms with E-state index in [1.54, 1.807) is 25.1 Å². The molecule has 0 radical (unpaired) electrons. The standard InChI is InChI=1S/C18H17ClFNO2/c1-2-23-18(22)17-16-8-5-14(20)11-12(16)9-10-21(17)15-6-3-13(19)4-7-15/h3-8,11,17H,2,9-10H2,1H3/t17-/m1/s1. The molecule has 3 rings (SSSR count). The first kappa shape index (κ1) is 15.8. The zero-order chi connectivity index (χ0) is 16.4. The molecule has 120 valence electrons. The SMILES string of the molecule is CCOC(=O)[C@H]1c2ccc(F)cc2CCN1c1ccc(Cl)cc1. The molecule has 1 aliphatic rings. The van der Waals surface area contributed by atoms with E-state index in [4.69, 9.17) is 16.3 Å². The van der Waals surface area contributed by atoms with Crippen LogP contribution in [0.4, 0.5) is 10.1 Å². The molecule has 0 spiro atoms. The third-order valence-corrected chi connectivity index (χ3v) is 4.25. The van der Waals surface area contributed by atoms with Crippen LogP contribution in [0, 0.1) is 5.82 Å². The van der Waals surface area contributed by atoms with Crippen molar-refractivity contribution in [2.45, 2.75) is 19.4 Å². The predicted molar refractivity (Wildman–Crippen MR) is 88.3 cm³/mol. The van der Waals surface area contributed by atoms with Gasteiger partial charge in [0, 0.05) is 17.3 Å². The number of hydrogen-bond donors (Lipinski definition) is 0. The zero-order valence-electron chi connectivity index (χ0n) is 12.8. The van der Waals surface area contributed by atoms with E-state index in [0.717, 1.165) is 16.8 Å². The Bertz CT molecular complexity index is 717. The lowest BCUT2D eigenvalue weighted by molar-refractivity contribution is -0.145. The number of halogens is 2. The molecule has 23 heavy (non-hydrogen) atoms. The summed E-state index contributed by atoms with van der Waals surface area (Å²) in [5.41, 5.74) is 2.54. The number of benzene rings is 2. The molecule has 0 N–H and O–H groups in total. The lowest BCUT2D eigenvalue weighted by Crippen LogP contribution is -2.40. The van der Waals surface area contributed by atoms with Gasteiger partial charge in [0.2, 0.25) is 0 Å². The predicted octanol–water partition coefficient (Wildman–Crippen LogP) is 4.15. The van der Waals surface area contributed by atoms with Gasteiger partial charge >= 0.3 is 5.97 Å². The smallest absolute Gasteiger partial charge is 0.333 e. The fourth-order valence-electron chi connectivity index (χ4n) is 2.98. The van der Waals surface area contributed by atoms with Crippen LogP contribution in [-0.4, -0.2) is 19.1 Å². The van der Waals surface area contributed by atoms with Crippen LogP contribution in [0.5, 0.6) is 0 Å². The molecule has 0 bridgehead atoms. The minimum Gasteiger partial charge on any atom is -0.464 e. The molecule has 0 amide bonds. The van der Waals surface area contributed by atoms with Crippen LogP contribution >= 0.6 is 11.6 Å². The molecule has 0 aromatic heterocycles. The highest BCUT2D eigenvalue weighted by Gasteiger charge is 2.34. The molecule has 2 aromatic carbocycles. The maximum absolute atomic E-state index is 13.5. The highest BCUT2D eigenvalue weighted by molar-refractivity contribution is 6.30. The third-order valence-electron chi connectivity index (χ3n) is 4.00. The van der Waals surface area contributed by atoms with Crippen LogP contribution in [0.3, 0.4) is 0 Å². The van der Waals surface area contributed by atoms with Gasteiger partial charge in [-0.05, 0) is 60.9 Å². The lowest BCUT2D eigenvalue weighted by atomic mass is 9.92. The maximum atomic E-state index is 13.5.